The van der Waals surface area contributed by atoms with E-state index >= 15 is 0 Å². The third-order valence-corrected chi connectivity index (χ3v) is 4.51. The number of ether oxygens (including phenoxy) is 3. The van der Waals surface area contributed by atoms with Crippen LogP contribution in [0, 0.1) is 5.92 Å². The van der Waals surface area contributed by atoms with Gasteiger partial charge in [0.25, 0.3) is 5.91 Å². The average molecular weight is 383 g/mol. The van der Waals surface area contributed by atoms with Gasteiger partial charge in [-0.25, -0.2) is 4.79 Å². The molecule has 3 rings (SSSR count). The van der Waals surface area contributed by atoms with Crippen molar-refractivity contribution in [3.05, 3.63) is 60.2 Å². The van der Waals surface area contributed by atoms with Crippen LogP contribution in [-0.2, 0) is 20.9 Å². The van der Waals surface area contributed by atoms with Crippen molar-refractivity contribution in [2.24, 2.45) is 5.92 Å². The van der Waals surface area contributed by atoms with Crippen LogP contribution in [0.5, 0.6) is 11.5 Å². The Bertz CT molecular complexity index is 771. The van der Waals surface area contributed by atoms with Crippen molar-refractivity contribution in [2.45, 2.75) is 32.4 Å². The van der Waals surface area contributed by atoms with Gasteiger partial charge in [0, 0.05) is 6.04 Å². The summed E-state index contributed by atoms with van der Waals surface area (Å²) in [7, 11) is 0. The molecule has 1 aliphatic rings. The highest BCUT2D eigenvalue weighted by Gasteiger charge is 2.28. The Balaban J connectivity index is 1.33. The van der Waals surface area contributed by atoms with Gasteiger partial charge in [-0.05, 0) is 55.5 Å². The fraction of sp³-hybridized carbons (Fsp3) is 0.364. The molecule has 6 heteroatoms. The molecule has 1 amide bonds. The normalized spacial score (nSPS) is 14.0. The van der Waals surface area contributed by atoms with Gasteiger partial charge < -0.3 is 19.5 Å². The Labute approximate surface area is 164 Å². The minimum Gasteiger partial charge on any atom is -0.489 e. The molecule has 0 bridgehead atoms. The van der Waals surface area contributed by atoms with Gasteiger partial charge in [0.05, 0.1) is 0 Å². The smallest absolute Gasteiger partial charge is 0.344 e. The molecule has 0 aromatic heterocycles. The van der Waals surface area contributed by atoms with Gasteiger partial charge in [0.2, 0.25) is 0 Å². The molecule has 28 heavy (non-hydrogen) atoms. The second-order valence-electron chi connectivity index (χ2n) is 6.89. The number of rotatable bonds is 10. The standard InChI is InChI=1S/C22H25NO5/c1-16(18-7-8-18)23-21(24)14-28-22(25)15-27-20-11-9-19(10-12-20)26-13-17-5-3-2-4-6-17/h2-6,9-12,16,18H,7-8,13-15H2,1H3,(H,23,24)/t16-/m0/s1. The first-order valence-electron chi connectivity index (χ1n) is 9.45. The number of hydrogen-bond acceptors (Lipinski definition) is 5. The number of nitrogens with one attached hydrogen (secondary N) is 1. The van der Waals surface area contributed by atoms with E-state index in [0.717, 1.165) is 18.4 Å². The van der Waals surface area contributed by atoms with Crippen molar-refractivity contribution in [3.63, 3.8) is 0 Å². The Hall–Kier alpha value is -3.02. The van der Waals surface area contributed by atoms with E-state index in [1.807, 2.05) is 37.3 Å². The minimum atomic E-state index is -0.585. The van der Waals surface area contributed by atoms with E-state index in [4.69, 9.17) is 14.2 Å². The number of hydrogen-bond donors (Lipinski definition) is 1. The van der Waals surface area contributed by atoms with Crippen LogP contribution in [0.25, 0.3) is 0 Å². The Morgan fingerprint density at radius 3 is 2.25 bits per heavy atom. The summed E-state index contributed by atoms with van der Waals surface area (Å²) in [5.41, 5.74) is 1.08. The second kappa shape index (κ2) is 9.78. The van der Waals surface area contributed by atoms with Crippen molar-refractivity contribution in [1.29, 1.82) is 0 Å². The molecule has 148 valence electrons. The van der Waals surface area contributed by atoms with E-state index < -0.39 is 5.97 Å². The molecule has 0 spiro atoms. The summed E-state index contributed by atoms with van der Waals surface area (Å²) < 4.78 is 16.0. The lowest BCUT2D eigenvalue weighted by molar-refractivity contribution is -0.150. The van der Waals surface area contributed by atoms with Crippen LogP contribution in [0.1, 0.15) is 25.3 Å². The number of carbonyl (C=O) groups excluding carboxylic acids is 2. The van der Waals surface area contributed by atoms with Gasteiger partial charge in [0.1, 0.15) is 18.1 Å². The Morgan fingerprint density at radius 2 is 1.61 bits per heavy atom. The molecule has 0 saturated heterocycles. The number of amides is 1. The van der Waals surface area contributed by atoms with E-state index in [1.165, 1.54) is 0 Å². The van der Waals surface area contributed by atoms with Gasteiger partial charge in [-0.2, -0.15) is 0 Å². The predicted octanol–water partition coefficient (Wildman–Crippen LogP) is 3.10. The molecule has 1 N–H and O–H groups in total. The SMILES string of the molecule is C[C@H](NC(=O)COC(=O)COc1ccc(OCc2ccccc2)cc1)C1CC1. The molecule has 1 fully saturated rings. The van der Waals surface area contributed by atoms with E-state index in [9.17, 15) is 9.59 Å². The van der Waals surface area contributed by atoms with Crippen molar-refractivity contribution in [1.82, 2.24) is 5.32 Å². The number of esters is 1. The first-order valence-corrected chi connectivity index (χ1v) is 9.45. The molecule has 0 heterocycles. The molecule has 0 aliphatic heterocycles. The molecule has 1 saturated carbocycles. The molecule has 2 aromatic rings. The lowest BCUT2D eigenvalue weighted by Gasteiger charge is -2.13. The summed E-state index contributed by atoms with van der Waals surface area (Å²) in [6, 6.07) is 17.0. The first-order chi connectivity index (χ1) is 13.6. The zero-order valence-electron chi connectivity index (χ0n) is 15.9. The van der Waals surface area contributed by atoms with Gasteiger partial charge in [-0.1, -0.05) is 30.3 Å². The van der Waals surface area contributed by atoms with Gasteiger partial charge in [0.15, 0.2) is 13.2 Å². The molecule has 1 atom stereocenters. The highest BCUT2D eigenvalue weighted by Crippen LogP contribution is 2.32. The summed E-state index contributed by atoms with van der Waals surface area (Å²) in [5, 5.41) is 2.83. The molecule has 0 radical (unpaired) electrons. The van der Waals surface area contributed by atoms with Crippen LogP contribution in [0.15, 0.2) is 54.6 Å². The van der Waals surface area contributed by atoms with Gasteiger partial charge >= 0.3 is 5.97 Å². The number of carbonyl (C=O) groups is 2. The van der Waals surface area contributed by atoms with Crippen molar-refractivity contribution in [2.75, 3.05) is 13.2 Å². The monoisotopic (exact) mass is 383 g/mol. The Morgan fingerprint density at radius 1 is 0.964 bits per heavy atom. The highest BCUT2D eigenvalue weighted by atomic mass is 16.6. The van der Waals surface area contributed by atoms with Crippen molar-refractivity contribution in [3.8, 4) is 11.5 Å². The van der Waals surface area contributed by atoms with Crippen LogP contribution >= 0.6 is 0 Å². The lowest BCUT2D eigenvalue weighted by atomic mass is 10.2. The molecule has 1 aliphatic carbocycles. The van der Waals surface area contributed by atoms with E-state index in [2.05, 4.69) is 5.32 Å². The Kier molecular flexibility index (Phi) is 6.89. The molecular formula is C22H25NO5. The summed E-state index contributed by atoms with van der Waals surface area (Å²) in [6.07, 6.45) is 2.29. The fourth-order valence-electron chi connectivity index (χ4n) is 2.71. The van der Waals surface area contributed by atoms with Crippen LogP contribution in [0.3, 0.4) is 0 Å². The predicted molar refractivity (Wildman–Crippen MR) is 104 cm³/mol. The maximum atomic E-state index is 11.7. The van der Waals surface area contributed by atoms with Crippen LogP contribution in [0.2, 0.25) is 0 Å². The third kappa shape index (κ3) is 6.61. The van der Waals surface area contributed by atoms with Gasteiger partial charge in [-0.15, -0.1) is 0 Å². The average Bonchev–Trinajstić information content (AvgIpc) is 3.56. The number of benzene rings is 2. The second-order valence-corrected chi connectivity index (χ2v) is 6.89. The van der Waals surface area contributed by atoms with Crippen molar-refractivity contribution >= 4 is 11.9 Å². The first kappa shape index (κ1) is 19.7. The molecule has 2 aromatic carbocycles. The highest BCUT2D eigenvalue weighted by molar-refractivity contribution is 5.81. The summed E-state index contributed by atoms with van der Waals surface area (Å²) in [4.78, 5) is 23.5. The van der Waals surface area contributed by atoms with Crippen LogP contribution in [-0.4, -0.2) is 31.1 Å². The molecule has 0 unspecified atom stereocenters. The maximum Gasteiger partial charge on any atom is 0.344 e. The fourth-order valence-corrected chi connectivity index (χ4v) is 2.71. The van der Waals surface area contributed by atoms with E-state index in [-0.39, 0.29) is 25.2 Å². The van der Waals surface area contributed by atoms with Gasteiger partial charge in [-0.3, -0.25) is 4.79 Å². The third-order valence-electron chi connectivity index (χ3n) is 4.51. The van der Waals surface area contributed by atoms with E-state index in [1.54, 1.807) is 24.3 Å². The summed E-state index contributed by atoms with van der Waals surface area (Å²) in [5.74, 6) is 0.921. The minimum absolute atomic E-state index is 0.130. The summed E-state index contributed by atoms with van der Waals surface area (Å²) >= 11 is 0. The largest absolute Gasteiger partial charge is 0.489 e. The molecule has 6 nitrogen and oxygen atoms in total. The lowest BCUT2D eigenvalue weighted by Crippen LogP contribution is -2.37. The van der Waals surface area contributed by atoms with E-state index in [0.29, 0.717) is 24.0 Å². The maximum absolute atomic E-state index is 11.7. The topological polar surface area (TPSA) is 73.9 Å². The molecular weight excluding hydrogens is 358 g/mol. The summed E-state index contributed by atoms with van der Waals surface area (Å²) in [6.45, 7) is 1.91. The van der Waals surface area contributed by atoms with Crippen LogP contribution < -0.4 is 14.8 Å². The zero-order chi connectivity index (χ0) is 19.8. The van der Waals surface area contributed by atoms with Crippen molar-refractivity contribution < 1.29 is 23.8 Å². The zero-order valence-corrected chi connectivity index (χ0v) is 15.9. The van der Waals surface area contributed by atoms with Crippen LogP contribution in [0.4, 0.5) is 0 Å². The quantitative estimate of drug-likeness (QED) is 0.638.